The maximum absolute atomic E-state index is 9.57. The van der Waals surface area contributed by atoms with Crippen LogP contribution >= 0.6 is 0 Å². The standard InChI is InChI=1S/C16H20N2O2/c1-20-14-4-5-15-12(9-14)6-7-17-16(15)18-10-11-2-3-13(19)8-11/h4-7,9,11,13,19H,2-3,8,10H2,1H3,(H,17,18). The van der Waals surface area contributed by atoms with E-state index in [1.54, 1.807) is 7.11 Å². The predicted molar refractivity (Wildman–Crippen MR) is 80.1 cm³/mol. The molecule has 2 aromatic rings. The maximum Gasteiger partial charge on any atom is 0.133 e. The molecular formula is C16H20N2O2. The van der Waals surface area contributed by atoms with E-state index in [-0.39, 0.29) is 6.10 Å². The summed E-state index contributed by atoms with van der Waals surface area (Å²) in [6.07, 6.45) is 4.60. The molecule has 0 radical (unpaired) electrons. The zero-order valence-electron chi connectivity index (χ0n) is 11.7. The van der Waals surface area contributed by atoms with Gasteiger partial charge < -0.3 is 15.2 Å². The number of ether oxygens (including phenoxy) is 1. The van der Waals surface area contributed by atoms with Gasteiger partial charge in [0.25, 0.3) is 0 Å². The highest BCUT2D eigenvalue weighted by Crippen LogP contribution is 2.28. The quantitative estimate of drug-likeness (QED) is 0.898. The van der Waals surface area contributed by atoms with Crippen molar-refractivity contribution in [2.45, 2.75) is 25.4 Å². The number of hydrogen-bond donors (Lipinski definition) is 2. The number of aliphatic hydroxyl groups is 1. The average Bonchev–Trinajstić information content (AvgIpc) is 2.90. The third-order valence-electron chi connectivity index (χ3n) is 4.04. The van der Waals surface area contributed by atoms with Gasteiger partial charge in [0.1, 0.15) is 11.6 Å². The Labute approximate surface area is 118 Å². The highest BCUT2D eigenvalue weighted by atomic mass is 16.5. The molecule has 0 spiro atoms. The van der Waals surface area contributed by atoms with Gasteiger partial charge in [0.2, 0.25) is 0 Å². The van der Waals surface area contributed by atoms with Crippen LogP contribution in [0.3, 0.4) is 0 Å². The van der Waals surface area contributed by atoms with Gasteiger partial charge in [0.05, 0.1) is 13.2 Å². The van der Waals surface area contributed by atoms with Gasteiger partial charge in [-0.3, -0.25) is 0 Å². The van der Waals surface area contributed by atoms with Crippen LogP contribution in [0.1, 0.15) is 19.3 Å². The van der Waals surface area contributed by atoms with E-state index in [0.717, 1.165) is 48.1 Å². The lowest BCUT2D eigenvalue weighted by Gasteiger charge is -2.13. The molecule has 106 valence electrons. The molecule has 0 bridgehead atoms. The third-order valence-corrected chi connectivity index (χ3v) is 4.04. The Hall–Kier alpha value is -1.81. The van der Waals surface area contributed by atoms with E-state index < -0.39 is 0 Å². The first-order chi connectivity index (χ1) is 9.76. The molecule has 0 amide bonds. The number of nitrogens with zero attached hydrogens (tertiary/aromatic N) is 1. The van der Waals surface area contributed by atoms with Crippen LogP contribution < -0.4 is 10.1 Å². The molecule has 20 heavy (non-hydrogen) atoms. The van der Waals surface area contributed by atoms with E-state index in [9.17, 15) is 5.11 Å². The van der Waals surface area contributed by atoms with Crippen molar-refractivity contribution >= 4 is 16.6 Å². The van der Waals surface area contributed by atoms with E-state index in [0.29, 0.717) is 5.92 Å². The van der Waals surface area contributed by atoms with Crippen molar-refractivity contribution in [1.29, 1.82) is 0 Å². The molecule has 2 unspecified atom stereocenters. The van der Waals surface area contributed by atoms with Gasteiger partial charge in [-0.2, -0.15) is 0 Å². The molecule has 1 aromatic carbocycles. The molecule has 2 atom stereocenters. The first kappa shape index (κ1) is 13.2. The fourth-order valence-electron chi connectivity index (χ4n) is 2.90. The van der Waals surface area contributed by atoms with Crippen molar-refractivity contribution in [2.75, 3.05) is 19.0 Å². The van der Waals surface area contributed by atoms with Gasteiger partial charge in [-0.25, -0.2) is 4.98 Å². The first-order valence-electron chi connectivity index (χ1n) is 7.11. The fourth-order valence-corrected chi connectivity index (χ4v) is 2.90. The summed E-state index contributed by atoms with van der Waals surface area (Å²) in [7, 11) is 1.67. The zero-order chi connectivity index (χ0) is 13.9. The lowest BCUT2D eigenvalue weighted by molar-refractivity contribution is 0.178. The number of benzene rings is 1. The number of hydrogen-bond acceptors (Lipinski definition) is 4. The van der Waals surface area contributed by atoms with Crippen LogP contribution in [0, 0.1) is 5.92 Å². The van der Waals surface area contributed by atoms with Gasteiger partial charge in [-0.05, 0) is 54.8 Å². The number of aromatic nitrogens is 1. The van der Waals surface area contributed by atoms with Gasteiger partial charge in [0, 0.05) is 18.1 Å². The summed E-state index contributed by atoms with van der Waals surface area (Å²) in [5, 5.41) is 15.2. The highest BCUT2D eigenvalue weighted by Gasteiger charge is 2.22. The van der Waals surface area contributed by atoms with Gasteiger partial charge in [-0.15, -0.1) is 0 Å². The van der Waals surface area contributed by atoms with E-state index >= 15 is 0 Å². The second-order valence-corrected chi connectivity index (χ2v) is 5.46. The molecule has 1 aliphatic carbocycles. The molecule has 1 aliphatic rings. The van der Waals surface area contributed by atoms with Crippen molar-refractivity contribution in [2.24, 2.45) is 5.92 Å². The van der Waals surface area contributed by atoms with Crippen molar-refractivity contribution in [1.82, 2.24) is 4.98 Å². The first-order valence-corrected chi connectivity index (χ1v) is 7.11. The number of fused-ring (bicyclic) bond motifs is 1. The van der Waals surface area contributed by atoms with E-state index in [1.165, 1.54) is 0 Å². The summed E-state index contributed by atoms with van der Waals surface area (Å²) in [5.41, 5.74) is 0. The van der Waals surface area contributed by atoms with Crippen LogP contribution in [-0.4, -0.2) is 29.8 Å². The maximum atomic E-state index is 9.57. The van der Waals surface area contributed by atoms with E-state index in [2.05, 4.69) is 10.3 Å². The Bertz CT molecular complexity index is 600. The molecule has 1 fully saturated rings. The minimum atomic E-state index is -0.119. The lowest BCUT2D eigenvalue weighted by atomic mass is 10.1. The van der Waals surface area contributed by atoms with Crippen molar-refractivity contribution in [3.8, 4) is 5.75 Å². The molecule has 0 saturated heterocycles. The van der Waals surface area contributed by atoms with Crippen molar-refractivity contribution in [3.05, 3.63) is 30.5 Å². The number of aliphatic hydroxyl groups excluding tert-OH is 1. The Morgan fingerprint density at radius 3 is 3.00 bits per heavy atom. The Morgan fingerprint density at radius 1 is 1.35 bits per heavy atom. The molecule has 1 saturated carbocycles. The summed E-state index contributed by atoms with van der Waals surface area (Å²) in [6.45, 7) is 0.870. The van der Waals surface area contributed by atoms with E-state index in [1.807, 2.05) is 30.5 Å². The van der Waals surface area contributed by atoms with Crippen LogP contribution in [0.15, 0.2) is 30.5 Å². The van der Waals surface area contributed by atoms with Gasteiger partial charge >= 0.3 is 0 Å². The second-order valence-electron chi connectivity index (χ2n) is 5.46. The second kappa shape index (κ2) is 5.67. The average molecular weight is 272 g/mol. The number of methoxy groups -OCH3 is 1. The lowest BCUT2D eigenvalue weighted by Crippen LogP contribution is -2.13. The van der Waals surface area contributed by atoms with E-state index in [4.69, 9.17) is 4.74 Å². The SMILES string of the molecule is COc1ccc2c(NCC3CCC(O)C3)nccc2c1. The number of rotatable bonds is 4. The molecule has 3 rings (SSSR count). The summed E-state index contributed by atoms with van der Waals surface area (Å²) in [6, 6.07) is 7.99. The van der Waals surface area contributed by atoms with Crippen molar-refractivity contribution in [3.63, 3.8) is 0 Å². The van der Waals surface area contributed by atoms with Gasteiger partial charge in [0.15, 0.2) is 0 Å². The minimum Gasteiger partial charge on any atom is -0.497 e. The molecule has 1 heterocycles. The van der Waals surface area contributed by atoms with Crippen LogP contribution in [0.4, 0.5) is 5.82 Å². The molecule has 4 nitrogen and oxygen atoms in total. The zero-order valence-corrected chi connectivity index (χ0v) is 11.7. The fraction of sp³-hybridized carbons (Fsp3) is 0.438. The smallest absolute Gasteiger partial charge is 0.133 e. The Morgan fingerprint density at radius 2 is 2.25 bits per heavy atom. The Balaban J connectivity index is 1.77. The van der Waals surface area contributed by atoms with Crippen LogP contribution in [0.5, 0.6) is 5.75 Å². The summed E-state index contributed by atoms with van der Waals surface area (Å²) >= 11 is 0. The van der Waals surface area contributed by atoms with Crippen LogP contribution in [-0.2, 0) is 0 Å². The number of pyridine rings is 1. The largest absolute Gasteiger partial charge is 0.497 e. The third kappa shape index (κ3) is 2.70. The topological polar surface area (TPSA) is 54.4 Å². The normalized spacial score (nSPS) is 22.1. The summed E-state index contributed by atoms with van der Waals surface area (Å²) < 4.78 is 5.25. The van der Waals surface area contributed by atoms with Crippen molar-refractivity contribution < 1.29 is 9.84 Å². The summed E-state index contributed by atoms with van der Waals surface area (Å²) in [4.78, 5) is 4.43. The monoisotopic (exact) mass is 272 g/mol. The predicted octanol–water partition coefficient (Wildman–Crippen LogP) is 2.82. The van der Waals surface area contributed by atoms with Crippen LogP contribution in [0.2, 0.25) is 0 Å². The minimum absolute atomic E-state index is 0.119. The summed E-state index contributed by atoms with van der Waals surface area (Å²) in [5.74, 6) is 2.31. The Kier molecular flexibility index (Phi) is 3.74. The number of nitrogens with one attached hydrogen (secondary N) is 1. The van der Waals surface area contributed by atoms with Gasteiger partial charge in [-0.1, -0.05) is 0 Å². The molecule has 2 N–H and O–H groups in total. The molecule has 0 aliphatic heterocycles. The molecular weight excluding hydrogens is 252 g/mol. The number of anilines is 1. The van der Waals surface area contributed by atoms with Crippen LogP contribution in [0.25, 0.3) is 10.8 Å². The molecule has 4 heteroatoms. The molecule has 1 aromatic heterocycles. The highest BCUT2D eigenvalue weighted by molar-refractivity contribution is 5.92.